The SMILES string of the molecule is CCOc1cccc(-c2nc(C(=O)NN3CCOCC3)cs2)c1. The van der Waals surface area contributed by atoms with Crippen LogP contribution < -0.4 is 10.2 Å². The predicted molar refractivity (Wildman–Crippen MR) is 88.6 cm³/mol. The van der Waals surface area contributed by atoms with E-state index in [-0.39, 0.29) is 5.91 Å². The second-order valence-corrected chi connectivity index (χ2v) is 5.90. The fourth-order valence-corrected chi connectivity index (χ4v) is 3.07. The molecule has 1 aliphatic heterocycles. The Morgan fingerprint density at radius 2 is 2.26 bits per heavy atom. The molecule has 0 atom stereocenters. The van der Waals surface area contributed by atoms with Crippen LogP contribution >= 0.6 is 11.3 Å². The van der Waals surface area contributed by atoms with Gasteiger partial charge in [-0.15, -0.1) is 11.3 Å². The molecule has 1 saturated heterocycles. The van der Waals surface area contributed by atoms with Crippen molar-refractivity contribution >= 4 is 17.2 Å². The largest absolute Gasteiger partial charge is 0.494 e. The fraction of sp³-hybridized carbons (Fsp3) is 0.375. The average molecular weight is 333 g/mol. The van der Waals surface area contributed by atoms with Gasteiger partial charge < -0.3 is 9.47 Å². The first-order chi connectivity index (χ1) is 11.3. The van der Waals surface area contributed by atoms with Crippen LogP contribution in [0.3, 0.4) is 0 Å². The van der Waals surface area contributed by atoms with Crippen molar-refractivity contribution in [2.24, 2.45) is 0 Å². The molecule has 0 aliphatic carbocycles. The van der Waals surface area contributed by atoms with Crippen molar-refractivity contribution in [2.75, 3.05) is 32.9 Å². The number of amides is 1. The number of thiazole rings is 1. The number of hydrogen-bond acceptors (Lipinski definition) is 6. The number of benzene rings is 1. The number of carbonyl (C=O) groups excluding carboxylic acids is 1. The molecule has 122 valence electrons. The van der Waals surface area contributed by atoms with Crippen molar-refractivity contribution in [2.45, 2.75) is 6.92 Å². The van der Waals surface area contributed by atoms with Crippen molar-refractivity contribution in [1.82, 2.24) is 15.4 Å². The summed E-state index contributed by atoms with van der Waals surface area (Å²) in [5, 5.41) is 4.44. The van der Waals surface area contributed by atoms with E-state index in [1.165, 1.54) is 11.3 Å². The van der Waals surface area contributed by atoms with E-state index in [0.717, 1.165) is 16.3 Å². The van der Waals surface area contributed by atoms with E-state index in [0.29, 0.717) is 38.6 Å². The minimum Gasteiger partial charge on any atom is -0.494 e. The van der Waals surface area contributed by atoms with Gasteiger partial charge in [0, 0.05) is 24.0 Å². The Bertz CT molecular complexity index is 668. The third-order valence-corrected chi connectivity index (χ3v) is 4.29. The highest BCUT2D eigenvalue weighted by Gasteiger charge is 2.17. The van der Waals surface area contributed by atoms with Gasteiger partial charge in [-0.3, -0.25) is 10.2 Å². The average Bonchev–Trinajstić information content (AvgIpc) is 3.07. The maximum atomic E-state index is 12.3. The maximum absolute atomic E-state index is 12.3. The van der Waals surface area contributed by atoms with Crippen molar-refractivity contribution in [3.63, 3.8) is 0 Å². The van der Waals surface area contributed by atoms with Crippen LogP contribution in [-0.4, -0.2) is 48.8 Å². The standard InChI is InChI=1S/C16H19N3O3S/c1-2-22-13-5-3-4-12(10-13)16-17-14(11-23-16)15(20)18-19-6-8-21-9-7-19/h3-5,10-11H,2,6-9H2,1H3,(H,18,20). The number of hydrazine groups is 1. The van der Waals surface area contributed by atoms with E-state index in [4.69, 9.17) is 9.47 Å². The number of aromatic nitrogens is 1. The van der Waals surface area contributed by atoms with Crippen LogP contribution in [0.25, 0.3) is 10.6 Å². The van der Waals surface area contributed by atoms with Gasteiger partial charge in [-0.2, -0.15) is 0 Å². The van der Waals surface area contributed by atoms with Crippen LogP contribution in [0, 0.1) is 0 Å². The lowest BCUT2D eigenvalue weighted by atomic mass is 10.2. The lowest BCUT2D eigenvalue weighted by Gasteiger charge is -2.26. The molecule has 2 heterocycles. The van der Waals surface area contributed by atoms with Gasteiger partial charge in [-0.25, -0.2) is 9.99 Å². The van der Waals surface area contributed by atoms with Gasteiger partial charge in [0.1, 0.15) is 16.5 Å². The minimum absolute atomic E-state index is 0.185. The Hall–Kier alpha value is -1.96. The number of hydrogen-bond donors (Lipinski definition) is 1. The molecule has 1 aromatic heterocycles. The lowest BCUT2D eigenvalue weighted by Crippen LogP contribution is -2.48. The smallest absolute Gasteiger partial charge is 0.285 e. The molecule has 2 aromatic rings. The van der Waals surface area contributed by atoms with Crippen molar-refractivity contribution in [3.05, 3.63) is 35.3 Å². The van der Waals surface area contributed by atoms with Gasteiger partial charge in [-0.05, 0) is 19.1 Å². The molecule has 7 heteroatoms. The summed E-state index contributed by atoms with van der Waals surface area (Å²) in [5.74, 6) is 0.620. The second kappa shape index (κ2) is 7.54. The molecule has 1 N–H and O–H groups in total. The number of carbonyl (C=O) groups is 1. The summed E-state index contributed by atoms with van der Waals surface area (Å²) in [4.78, 5) is 16.7. The van der Waals surface area contributed by atoms with Crippen LogP contribution in [0.5, 0.6) is 5.75 Å². The molecule has 0 unspecified atom stereocenters. The normalized spacial score (nSPS) is 15.3. The lowest BCUT2D eigenvalue weighted by molar-refractivity contribution is 0.0125. The Balaban J connectivity index is 1.69. The van der Waals surface area contributed by atoms with Crippen LogP contribution in [0.2, 0.25) is 0 Å². The van der Waals surface area contributed by atoms with Crippen molar-refractivity contribution in [3.8, 4) is 16.3 Å². The molecule has 6 nitrogen and oxygen atoms in total. The molecule has 1 amide bonds. The van der Waals surface area contributed by atoms with Gasteiger partial charge in [0.25, 0.3) is 5.91 Å². The number of nitrogens with zero attached hydrogens (tertiary/aromatic N) is 2. The third kappa shape index (κ3) is 4.07. The van der Waals surface area contributed by atoms with Crippen LogP contribution in [-0.2, 0) is 4.74 Å². The van der Waals surface area contributed by atoms with Gasteiger partial charge in [-0.1, -0.05) is 12.1 Å². The predicted octanol–water partition coefficient (Wildman–Crippen LogP) is 2.19. The Morgan fingerprint density at radius 3 is 3.04 bits per heavy atom. The summed E-state index contributed by atoms with van der Waals surface area (Å²) in [6.45, 7) is 5.22. The van der Waals surface area contributed by atoms with Gasteiger partial charge >= 0.3 is 0 Å². The number of morpholine rings is 1. The van der Waals surface area contributed by atoms with E-state index in [9.17, 15) is 4.79 Å². The summed E-state index contributed by atoms with van der Waals surface area (Å²) in [5.41, 5.74) is 4.24. The molecule has 0 radical (unpaired) electrons. The number of ether oxygens (including phenoxy) is 2. The van der Waals surface area contributed by atoms with E-state index in [2.05, 4.69) is 10.4 Å². The zero-order chi connectivity index (χ0) is 16.1. The summed E-state index contributed by atoms with van der Waals surface area (Å²) in [6.07, 6.45) is 0. The first-order valence-corrected chi connectivity index (χ1v) is 8.46. The van der Waals surface area contributed by atoms with Crippen LogP contribution in [0.4, 0.5) is 0 Å². The quantitative estimate of drug-likeness (QED) is 0.909. The van der Waals surface area contributed by atoms with E-state index in [1.807, 2.05) is 36.2 Å². The molecule has 23 heavy (non-hydrogen) atoms. The zero-order valence-corrected chi connectivity index (χ0v) is 13.8. The molecule has 0 spiro atoms. The van der Waals surface area contributed by atoms with Crippen molar-refractivity contribution in [1.29, 1.82) is 0 Å². The summed E-state index contributed by atoms with van der Waals surface area (Å²) in [7, 11) is 0. The molecule has 1 aliphatic rings. The Kier molecular flexibility index (Phi) is 5.22. The van der Waals surface area contributed by atoms with E-state index >= 15 is 0 Å². The van der Waals surface area contributed by atoms with Gasteiger partial charge in [0.2, 0.25) is 0 Å². The molecule has 0 saturated carbocycles. The monoisotopic (exact) mass is 333 g/mol. The maximum Gasteiger partial charge on any atom is 0.285 e. The first-order valence-electron chi connectivity index (χ1n) is 7.58. The minimum atomic E-state index is -0.185. The summed E-state index contributed by atoms with van der Waals surface area (Å²) < 4.78 is 10.8. The number of nitrogens with one attached hydrogen (secondary N) is 1. The highest BCUT2D eigenvalue weighted by Crippen LogP contribution is 2.27. The summed E-state index contributed by atoms with van der Waals surface area (Å²) >= 11 is 1.45. The van der Waals surface area contributed by atoms with Gasteiger partial charge in [0.15, 0.2) is 0 Å². The number of rotatable bonds is 5. The van der Waals surface area contributed by atoms with Crippen LogP contribution in [0.1, 0.15) is 17.4 Å². The Labute approximate surface area is 139 Å². The highest BCUT2D eigenvalue weighted by molar-refractivity contribution is 7.13. The van der Waals surface area contributed by atoms with Gasteiger partial charge in [0.05, 0.1) is 19.8 Å². The highest BCUT2D eigenvalue weighted by atomic mass is 32.1. The fourth-order valence-electron chi connectivity index (χ4n) is 2.27. The molecule has 1 aromatic carbocycles. The summed E-state index contributed by atoms with van der Waals surface area (Å²) in [6, 6.07) is 7.73. The van der Waals surface area contributed by atoms with Crippen molar-refractivity contribution < 1.29 is 14.3 Å². The molecule has 0 bridgehead atoms. The van der Waals surface area contributed by atoms with E-state index < -0.39 is 0 Å². The molecular formula is C16H19N3O3S. The second-order valence-electron chi connectivity index (χ2n) is 5.04. The van der Waals surface area contributed by atoms with Crippen LogP contribution in [0.15, 0.2) is 29.6 Å². The zero-order valence-electron chi connectivity index (χ0n) is 12.9. The topological polar surface area (TPSA) is 63.7 Å². The Morgan fingerprint density at radius 1 is 1.43 bits per heavy atom. The molecule has 3 rings (SSSR count). The van der Waals surface area contributed by atoms with E-state index in [1.54, 1.807) is 5.38 Å². The molecular weight excluding hydrogens is 314 g/mol. The first kappa shape index (κ1) is 15.9. The third-order valence-electron chi connectivity index (χ3n) is 3.40. The molecule has 1 fully saturated rings.